The molecule has 0 atom stereocenters. The lowest BCUT2D eigenvalue weighted by Crippen LogP contribution is -2.36. The Morgan fingerprint density at radius 3 is 2.63 bits per heavy atom. The molecule has 0 bridgehead atoms. The van der Waals surface area contributed by atoms with Gasteiger partial charge < -0.3 is 10.2 Å². The van der Waals surface area contributed by atoms with Crippen molar-refractivity contribution in [2.24, 2.45) is 0 Å². The van der Waals surface area contributed by atoms with Crippen LogP contribution in [0.15, 0.2) is 67.0 Å². The second kappa shape index (κ2) is 7.99. The Kier molecular flexibility index (Phi) is 5.10. The molecule has 0 fully saturated rings. The van der Waals surface area contributed by atoms with E-state index in [2.05, 4.69) is 33.5 Å². The molecule has 1 amide bonds. The van der Waals surface area contributed by atoms with Crippen molar-refractivity contribution >= 4 is 17.4 Å². The van der Waals surface area contributed by atoms with E-state index in [4.69, 9.17) is 0 Å². The normalized spacial score (nSPS) is 13.1. The van der Waals surface area contributed by atoms with Crippen molar-refractivity contribution in [1.29, 1.82) is 0 Å². The number of carbonyl (C=O) groups excluding carboxylic acids is 1. The van der Waals surface area contributed by atoms with Crippen LogP contribution in [0.3, 0.4) is 0 Å². The Morgan fingerprint density at radius 1 is 1.00 bits per heavy atom. The van der Waals surface area contributed by atoms with Crippen molar-refractivity contribution in [3.05, 3.63) is 83.8 Å². The van der Waals surface area contributed by atoms with E-state index in [-0.39, 0.29) is 5.91 Å². The second-order valence-electron chi connectivity index (χ2n) is 6.64. The van der Waals surface area contributed by atoms with Gasteiger partial charge >= 0.3 is 0 Å². The molecular weight excluding hydrogens is 336 g/mol. The molecule has 0 radical (unpaired) electrons. The minimum Gasteiger partial charge on any atom is -0.368 e. The first-order valence-corrected chi connectivity index (χ1v) is 9.31. The highest BCUT2D eigenvalue weighted by Crippen LogP contribution is 2.27. The van der Waals surface area contributed by atoms with Crippen LogP contribution < -0.4 is 10.2 Å². The lowest BCUT2D eigenvalue weighted by Gasteiger charge is -2.29. The molecule has 2 aromatic carbocycles. The van der Waals surface area contributed by atoms with Crippen LogP contribution in [0, 0.1) is 0 Å². The summed E-state index contributed by atoms with van der Waals surface area (Å²) in [7, 11) is 0. The van der Waals surface area contributed by atoms with Gasteiger partial charge in [0.05, 0.1) is 12.4 Å². The molecule has 2 heterocycles. The number of anilines is 2. The van der Waals surface area contributed by atoms with E-state index in [1.54, 1.807) is 12.4 Å². The molecule has 0 unspecified atom stereocenters. The van der Waals surface area contributed by atoms with E-state index in [0.29, 0.717) is 18.1 Å². The Morgan fingerprint density at radius 2 is 1.81 bits per heavy atom. The molecule has 1 aromatic heterocycles. The number of para-hydroxylation sites is 1. The van der Waals surface area contributed by atoms with Gasteiger partial charge in [-0.3, -0.25) is 4.79 Å². The molecular formula is C22H22N4O. The van der Waals surface area contributed by atoms with Crippen LogP contribution in [0.5, 0.6) is 0 Å². The number of benzene rings is 2. The van der Waals surface area contributed by atoms with E-state index in [9.17, 15) is 4.79 Å². The highest BCUT2D eigenvalue weighted by molar-refractivity contribution is 6.05. The van der Waals surface area contributed by atoms with Gasteiger partial charge in [0.15, 0.2) is 0 Å². The molecule has 4 rings (SSSR count). The number of nitrogens with one attached hydrogen (secondary N) is 1. The van der Waals surface area contributed by atoms with E-state index in [1.165, 1.54) is 11.1 Å². The van der Waals surface area contributed by atoms with Gasteiger partial charge in [-0.25, -0.2) is 9.97 Å². The number of hydrogen-bond donors (Lipinski definition) is 1. The maximum absolute atomic E-state index is 12.9. The number of fused-ring (bicyclic) bond motifs is 1. The summed E-state index contributed by atoms with van der Waals surface area (Å²) in [6.45, 7) is 1.49. The predicted octanol–water partition coefficient (Wildman–Crippen LogP) is 3.72. The topological polar surface area (TPSA) is 58.1 Å². The zero-order chi connectivity index (χ0) is 18.5. The van der Waals surface area contributed by atoms with E-state index >= 15 is 0 Å². The number of amides is 1. The Bertz CT molecular complexity index is 909. The van der Waals surface area contributed by atoms with Gasteiger partial charge in [-0.1, -0.05) is 48.5 Å². The van der Waals surface area contributed by atoms with Crippen LogP contribution in [-0.2, 0) is 12.8 Å². The Hall–Kier alpha value is -3.21. The lowest BCUT2D eigenvalue weighted by atomic mass is 10.0. The molecule has 0 aliphatic carbocycles. The monoisotopic (exact) mass is 358 g/mol. The molecule has 0 spiro atoms. The number of aryl methyl sites for hydroxylation is 1. The fraction of sp³-hybridized carbons (Fsp3) is 0.227. The average molecular weight is 358 g/mol. The summed E-state index contributed by atoms with van der Waals surface area (Å²) in [6, 6.07) is 18.4. The second-order valence-corrected chi connectivity index (χ2v) is 6.64. The van der Waals surface area contributed by atoms with Gasteiger partial charge in [0.1, 0.15) is 11.5 Å². The van der Waals surface area contributed by atoms with E-state index in [1.807, 2.05) is 41.3 Å². The zero-order valence-electron chi connectivity index (χ0n) is 15.1. The van der Waals surface area contributed by atoms with Crippen LogP contribution in [0.2, 0.25) is 0 Å². The number of rotatable bonds is 5. The summed E-state index contributed by atoms with van der Waals surface area (Å²) in [5, 5.41) is 3.26. The molecule has 5 nitrogen and oxygen atoms in total. The Balaban J connectivity index is 1.40. The van der Waals surface area contributed by atoms with E-state index in [0.717, 1.165) is 31.5 Å². The largest absolute Gasteiger partial charge is 0.368 e. The van der Waals surface area contributed by atoms with Crippen molar-refractivity contribution in [3.63, 3.8) is 0 Å². The minimum absolute atomic E-state index is 0.0921. The van der Waals surface area contributed by atoms with Gasteiger partial charge in [0.25, 0.3) is 5.91 Å². The van der Waals surface area contributed by atoms with Gasteiger partial charge in [-0.05, 0) is 36.5 Å². The van der Waals surface area contributed by atoms with Crippen molar-refractivity contribution < 1.29 is 4.79 Å². The van der Waals surface area contributed by atoms with Crippen LogP contribution in [0.1, 0.15) is 28.0 Å². The van der Waals surface area contributed by atoms with Crippen molar-refractivity contribution in [1.82, 2.24) is 9.97 Å². The predicted molar refractivity (Wildman–Crippen MR) is 107 cm³/mol. The molecule has 136 valence electrons. The molecule has 0 saturated carbocycles. The van der Waals surface area contributed by atoms with Crippen molar-refractivity contribution in [3.8, 4) is 0 Å². The third-order valence-corrected chi connectivity index (χ3v) is 4.79. The fourth-order valence-corrected chi connectivity index (χ4v) is 3.39. The molecule has 0 saturated heterocycles. The molecule has 5 heteroatoms. The first kappa shape index (κ1) is 17.2. The quantitative estimate of drug-likeness (QED) is 0.755. The average Bonchev–Trinajstić information content (AvgIpc) is 2.74. The molecule has 27 heavy (non-hydrogen) atoms. The smallest absolute Gasteiger partial charge is 0.278 e. The number of aromatic nitrogens is 2. The SMILES string of the molecule is O=C(c1cnc(NCCc2ccccc2)cn1)N1CCCc2ccccc21. The fourth-order valence-electron chi connectivity index (χ4n) is 3.39. The van der Waals surface area contributed by atoms with Crippen molar-refractivity contribution in [2.45, 2.75) is 19.3 Å². The first-order chi connectivity index (χ1) is 13.3. The number of hydrogen-bond acceptors (Lipinski definition) is 4. The molecule has 1 aliphatic heterocycles. The number of nitrogens with zero attached hydrogens (tertiary/aromatic N) is 3. The van der Waals surface area contributed by atoms with Gasteiger partial charge in [-0.15, -0.1) is 0 Å². The zero-order valence-corrected chi connectivity index (χ0v) is 15.1. The maximum atomic E-state index is 12.9. The third kappa shape index (κ3) is 3.97. The van der Waals surface area contributed by atoms with Crippen LogP contribution in [0.4, 0.5) is 11.5 Å². The van der Waals surface area contributed by atoms with Crippen LogP contribution in [-0.4, -0.2) is 29.0 Å². The number of carbonyl (C=O) groups is 1. The first-order valence-electron chi connectivity index (χ1n) is 9.31. The standard InChI is InChI=1S/C22H22N4O/c27-22(26-14-6-10-18-9-4-5-11-20(18)26)19-15-25-21(16-24-19)23-13-12-17-7-2-1-3-8-17/h1-5,7-9,11,15-16H,6,10,12-14H2,(H,23,25). The van der Waals surface area contributed by atoms with Gasteiger partial charge in [0.2, 0.25) is 0 Å². The van der Waals surface area contributed by atoms with E-state index < -0.39 is 0 Å². The molecule has 3 aromatic rings. The third-order valence-electron chi connectivity index (χ3n) is 4.79. The summed E-state index contributed by atoms with van der Waals surface area (Å²) in [5.41, 5.74) is 3.85. The van der Waals surface area contributed by atoms with Crippen LogP contribution in [0.25, 0.3) is 0 Å². The lowest BCUT2D eigenvalue weighted by molar-refractivity contribution is 0.0980. The molecule has 1 N–H and O–H groups in total. The summed E-state index contributed by atoms with van der Waals surface area (Å²) in [4.78, 5) is 23.4. The highest BCUT2D eigenvalue weighted by Gasteiger charge is 2.24. The summed E-state index contributed by atoms with van der Waals surface area (Å²) in [5.74, 6) is 0.590. The summed E-state index contributed by atoms with van der Waals surface area (Å²) >= 11 is 0. The summed E-state index contributed by atoms with van der Waals surface area (Å²) < 4.78 is 0. The van der Waals surface area contributed by atoms with Gasteiger partial charge in [-0.2, -0.15) is 0 Å². The van der Waals surface area contributed by atoms with Crippen LogP contribution >= 0.6 is 0 Å². The maximum Gasteiger partial charge on any atom is 0.278 e. The Labute approximate surface area is 159 Å². The molecule has 1 aliphatic rings. The highest BCUT2D eigenvalue weighted by atomic mass is 16.2. The van der Waals surface area contributed by atoms with Crippen molar-refractivity contribution in [2.75, 3.05) is 23.3 Å². The minimum atomic E-state index is -0.0921. The van der Waals surface area contributed by atoms with Gasteiger partial charge in [0, 0.05) is 18.8 Å². The summed E-state index contributed by atoms with van der Waals surface area (Å²) in [6.07, 6.45) is 6.08.